The zero-order valence-electron chi connectivity index (χ0n) is 34.9. The average molecular weight is 694 g/mol. The van der Waals surface area contributed by atoms with Gasteiger partial charge >= 0.3 is 0 Å². The average Bonchev–Trinajstić information content (AvgIpc) is 3.13. The van der Waals surface area contributed by atoms with Crippen LogP contribution in [-0.2, 0) is 12.8 Å². The highest BCUT2D eigenvalue weighted by molar-refractivity contribution is 5.22. The standard InChI is InChI=1S/C50H93/c1-3-5-7-9-11-13-15-17-19-21-23-25-27-29-31-33-35-37-39-41-44-49-46-43-47-50(48-49)45-42-40-38-36-34-32-30-28-26-24-22-20-18-16-14-12-10-8-6-4-2/h46-48H,3-42,44-45H2,1-2H3. The lowest BCUT2D eigenvalue weighted by atomic mass is 9.99. The Morgan fingerprint density at radius 2 is 0.440 bits per heavy atom. The van der Waals surface area contributed by atoms with Gasteiger partial charge in [0.15, 0.2) is 0 Å². The van der Waals surface area contributed by atoms with Crippen LogP contribution in [0.1, 0.15) is 282 Å². The van der Waals surface area contributed by atoms with E-state index in [1.165, 1.54) is 281 Å². The van der Waals surface area contributed by atoms with Gasteiger partial charge in [0.05, 0.1) is 0 Å². The van der Waals surface area contributed by atoms with Crippen molar-refractivity contribution < 1.29 is 0 Å². The van der Waals surface area contributed by atoms with Crippen molar-refractivity contribution in [1.29, 1.82) is 0 Å². The lowest BCUT2D eigenvalue weighted by Gasteiger charge is -2.07. The van der Waals surface area contributed by atoms with Crippen molar-refractivity contribution in [3.05, 3.63) is 35.4 Å². The third-order valence-corrected chi connectivity index (χ3v) is 11.5. The molecule has 0 saturated carbocycles. The van der Waals surface area contributed by atoms with Gasteiger partial charge in [0, 0.05) is 0 Å². The van der Waals surface area contributed by atoms with Gasteiger partial charge in [-0.1, -0.05) is 276 Å². The molecule has 0 atom stereocenters. The number of unbranched alkanes of at least 4 members (excludes halogenated alkanes) is 38. The predicted molar refractivity (Wildman–Crippen MR) is 229 cm³/mol. The first-order valence-electron chi connectivity index (χ1n) is 23.9. The minimum absolute atomic E-state index is 1.25. The summed E-state index contributed by atoms with van der Waals surface area (Å²) in [6, 6.07) is 10.4. The maximum Gasteiger partial charge on any atom is -0.0178 e. The monoisotopic (exact) mass is 694 g/mol. The van der Waals surface area contributed by atoms with Crippen LogP contribution in [0.3, 0.4) is 0 Å². The molecule has 0 spiro atoms. The second kappa shape index (κ2) is 41.0. The van der Waals surface area contributed by atoms with Crippen molar-refractivity contribution >= 4 is 0 Å². The highest BCUT2D eigenvalue weighted by atomic mass is 14.1. The van der Waals surface area contributed by atoms with Crippen molar-refractivity contribution in [2.45, 2.75) is 284 Å². The van der Waals surface area contributed by atoms with Crippen molar-refractivity contribution in [2.75, 3.05) is 0 Å². The van der Waals surface area contributed by atoms with Gasteiger partial charge in [0.2, 0.25) is 0 Å². The maximum atomic E-state index is 3.45. The van der Waals surface area contributed by atoms with E-state index in [1.54, 1.807) is 0 Å². The van der Waals surface area contributed by atoms with Crippen LogP contribution >= 0.6 is 0 Å². The van der Waals surface area contributed by atoms with E-state index >= 15 is 0 Å². The summed E-state index contributed by atoms with van der Waals surface area (Å²) in [5.74, 6) is 0. The number of rotatable bonds is 42. The van der Waals surface area contributed by atoms with Crippen molar-refractivity contribution in [3.8, 4) is 0 Å². The molecule has 0 nitrogen and oxygen atoms in total. The van der Waals surface area contributed by atoms with E-state index < -0.39 is 0 Å². The molecule has 1 aromatic carbocycles. The topological polar surface area (TPSA) is 0 Å². The molecule has 0 aromatic heterocycles. The molecule has 0 bridgehead atoms. The molecular weight excluding hydrogens is 601 g/mol. The molecule has 0 aliphatic heterocycles. The predicted octanol–water partition coefficient (Wildman–Crippen LogP) is 18.2. The highest BCUT2D eigenvalue weighted by Crippen LogP contribution is 2.18. The zero-order valence-corrected chi connectivity index (χ0v) is 34.9. The highest BCUT2D eigenvalue weighted by Gasteiger charge is 2.00. The van der Waals surface area contributed by atoms with Crippen molar-refractivity contribution in [2.24, 2.45) is 0 Å². The Labute approximate surface area is 317 Å². The van der Waals surface area contributed by atoms with Crippen LogP contribution in [0.4, 0.5) is 0 Å². The lowest BCUT2D eigenvalue weighted by Crippen LogP contribution is -1.91. The van der Waals surface area contributed by atoms with Crippen molar-refractivity contribution in [1.82, 2.24) is 0 Å². The van der Waals surface area contributed by atoms with E-state index in [0.29, 0.717) is 0 Å². The summed E-state index contributed by atoms with van der Waals surface area (Å²) in [5, 5.41) is 0. The third-order valence-electron chi connectivity index (χ3n) is 11.5. The third kappa shape index (κ3) is 35.6. The Balaban J connectivity index is 1.80. The van der Waals surface area contributed by atoms with Gasteiger partial charge in [0.25, 0.3) is 0 Å². The molecule has 1 aromatic rings. The van der Waals surface area contributed by atoms with Crippen LogP contribution in [0.25, 0.3) is 0 Å². The van der Waals surface area contributed by atoms with Gasteiger partial charge in [-0.05, 0) is 42.9 Å². The van der Waals surface area contributed by atoms with E-state index in [9.17, 15) is 0 Å². The van der Waals surface area contributed by atoms with E-state index in [1.807, 2.05) is 0 Å². The molecule has 0 unspecified atom stereocenters. The van der Waals surface area contributed by atoms with Crippen LogP contribution < -0.4 is 0 Å². The Hall–Kier alpha value is -0.780. The number of aryl methyl sites for hydroxylation is 2. The SMILES string of the molecule is CCCCCCCCCCCCCCCCCCCCCCc1c[c]cc(CCCCCCCCCCCCCCCCCCCCCC)c1. The van der Waals surface area contributed by atoms with E-state index in [-0.39, 0.29) is 0 Å². The Bertz CT molecular complexity index is 689. The molecule has 0 heteroatoms. The minimum atomic E-state index is 1.25. The van der Waals surface area contributed by atoms with Crippen LogP contribution in [0.5, 0.6) is 0 Å². The van der Waals surface area contributed by atoms with Gasteiger partial charge < -0.3 is 0 Å². The molecule has 0 amide bonds. The zero-order chi connectivity index (χ0) is 35.7. The van der Waals surface area contributed by atoms with Crippen LogP contribution in [0, 0.1) is 6.07 Å². The lowest BCUT2D eigenvalue weighted by molar-refractivity contribution is 0.521. The van der Waals surface area contributed by atoms with Crippen LogP contribution in [-0.4, -0.2) is 0 Å². The summed E-state index contributed by atoms with van der Waals surface area (Å²) >= 11 is 0. The first-order valence-corrected chi connectivity index (χ1v) is 23.9. The largest absolute Gasteiger partial charge is 0.0654 e. The second-order valence-electron chi connectivity index (χ2n) is 16.7. The minimum Gasteiger partial charge on any atom is -0.0654 e. The van der Waals surface area contributed by atoms with E-state index in [2.05, 4.69) is 38.1 Å². The number of benzene rings is 1. The quantitative estimate of drug-likeness (QED) is 0.0598. The molecule has 50 heavy (non-hydrogen) atoms. The molecule has 0 aliphatic rings. The first-order chi connectivity index (χ1) is 24.9. The summed E-state index contributed by atoms with van der Waals surface area (Å²) < 4.78 is 0. The van der Waals surface area contributed by atoms with Crippen LogP contribution in [0.15, 0.2) is 18.2 Å². The molecule has 0 N–H and O–H groups in total. The smallest absolute Gasteiger partial charge is 0.0178 e. The number of hydrogen-bond donors (Lipinski definition) is 0. The molecule has 0 saturated heterocycles. The summed E-state index contributed by atoms with van der Waals surface area (Å²) in [7, 11) is 0. The summed E-state index contributed by atoms with van der Waals surface area (Å²) in [6.07, 6.45) is 60.7. The molecule has 0 fully saturated rings. The number of hydrogen-bond acceptors (Lipinski definition) is 0. The van der Waals surface area contributed by atoms with Gasteiger partial charge in [0.1, 0.15) is 0 Å². The molecule has 0 aliphatic carbocycles. The fourth-order valence-corrected chi connectivity index (χ4v) is 8.03. The maximum absolute atomic E-state index is 3.45. The van der Waals surface area contributed by atoms with E-state index in [0.717, 1.165) is 0 Å². The normalized spacial score (nSPS) is 11.6. The summed E-state index contributed by atoms with van der Waals surface area (Å²) in [6.45, 7) is 4.62. The fraction of sp³-hybridized carbons (Fsp3) is 0.880. The van der Waals surface area contributed by atoms with Gasteiger partial charge in [-0.2, -0.15) is 0 Å². The summed E-state index contributed by atoms with van der Waals surface area (Å²) in [5.41, 5.74) is 3.05. The van der Waals surface area contributed by atoms with Gasteiger partial charge in [-0.3, -0.25) is 0 Å². The second-order valence-corrected chi connectivity index (χ2v) is 16.7. The Kier molecular flexibility index (Phi) is 38.7. The van der Waals surface area contributed by atoms with Crippen molar-refractivity contribution in [3.63, 3.8) is 0 Å². The van der Waals surface area contributed by atoms with E-state index in [4.69, 9.17) is 0 Å². The molecule has 293 valence electrons. The Morgan fingerprint density at radius 1 is 0.260 bits per heavy atom. The molecule has 1 rings (SSSR count). The summed E-state index contributed by atoms with van der Waals surface area (Å²) in [4.78, 5) is 0. The molecule has 1 radical (unpaired) electrons. The van der Waals surface area contributed by atoms with Gasteiger partial charge in [-0.15, -0.1) is 0 Å². The fourth-order valence-electron chi connectivity index (χ4n) is 8.03. The van der Waals surface area contributed by atoms with Crippen LogP contribution in [0.2, 0.25) is 0 Å². The molecule has 0 heterocycles. The Morgan fingerprint density at radius 3 is 0.640 bits per heavy atom. The first kappa shape index (κ1) is 47.2. The van der Waals surface area contributed by atoms with Gasteiger partial charge in [-0.25, -0.2) is 0 Å². The molecular formula is C50H93.